The van der Waals surface area contributed by atoms with Crippen LogP contribution in [-0.4, -0.2) is 47.6 Å². The Morgan fingerprint density at radius 2 is 1.92 bits per heavy atom. The van der Waals surface area contributed by atoms with Crippen molar-refractivity contribution in [2.75, 3.05) is 24.6 Å². The Kier molecular flexibility index (Phi) is 5.51. The van der Waals surface area contributed by atoms with Crippen LogP contribution in [0.15, 0.2) is 24.3 Å². The lowest BCUT2D eigenvalue weighted by molar-refractivity contribution is -0.134. The third-order valence-electron chi connectivity index (χ3n) is 5.09. The molecule has 2 amide bonds. The first-order chi connectivity index (χ1) is 11.7. The zero-order chi connectivity index (χ0) is 16.9. The molecule has 5 nitrogen and oxygen atoms in total. The zero-order valence-electron chi connectivity index (χ0n) is 14.1. The summed E-state index contributed by atoms with van der Waals surface area (Å²) in [6.07, 6.45) is 5.76. The number of hydrogen-bond acceptors (Lipinski definition) is 3. The fourth-order valence-corrected chi connectivity index (χ4v) is 3.77. The van der Waals surface area contributed by atoms with Crippen LogP contribution in [-0.2, 0) is 16.0 Å². The van der Waals surface area contributed by atoms with Crippen molar-refractivity contribution in [1.82, 2.24) is 4.90 Å². The molecule has 3 rings (SSSR count). The molecule has 1 N–H and O–H groups in total. The normalized spacial score (nSPS) is 21.4. The smallest absolute Gasteiger partial charge is 0.227 e. The number of aliphatic hydroxyl groups is 1. The molecule has 1 aromatic carbocycles. The first-order valence-electron chi connectivity index (χ1n) is 8.98. The van der Waals surface area contributed by atoms with E-state index in [4.69, 9.17) is 0 Å². The lowest BCUT2D eigenvalue weighted by atomic mass is 9.98. The van der Waals surface area contributed by atoms with Gasteiger partial charge in [-0.15, -0.1) is 0 Å². The van der Waals surface area contributed by atoms with Crippen molar-refractivity contribution in [1.29, 1.82) is 0 Å². The van der Waals surface area contributed by atoms with E-state index in [0.717, 1.165) is 50.0 Å². The Morgan fingerprint density at radius 3 is 2.58 bits per heavy atom. The first-order valence-corrected chi connectivity index (χ1v) is 8.98. The number of amides is 2. The van der Waals surface area contributed by atoms with Crippen LogP contribution >= 0.6 is 0 Å². The van der Waals surface area contributed by atoms with Crippen LogP contribution in [0.2, 0.25) is 0 Å². The molecule has 2 aliphatic heterocycles. The van der Waals surface area contributed by atoms with Gasteiger partial charge in [0.25, 0.3) is 0 Å². The van der Waals surface area contributed by atoms with E-state index in [2.05, 4.69) is 0 Å². The Labute approximate surface area is 143 Å². The quantitative estimate of drug-likeness (QED) is 0.899. The van der Waals surface area contributed by atoms with Gasteiger partial charge in [0.1, 0.15) is 0 Å². The summed E-state index contributed by atoms with van der Waals surface area (Å²) in [5, 5.41) is 9.19. The monoisotopic (exact) mass is 330 g/mol. The van der Waals surface area contributed by atoms with Crippen LogP contribution in [0.1, 0.15) is 44.1 Å². The van der Waals surface area contributed by atoms with Crippen molar-refractivity contribution in [3.05, 3.63) is 29.8 Å². The van der Waals surface area contributed by atoms with Gasteiger partial charge >= 0.3 is 0 Å². The van der Waals surface area contributed by atoms with Gasteiger partial charge in [0, 0.05) is 37.8 Å². The summed E-state index contributed by atoms with van der Waals surface area (Å²) in [6.45, 7) is 1.71. The molecular formula is C19H26N2O3. The summed E-state index contributed by atoms with van der Waals surface area (Å²) in [7, 11) is 0. The van der Waals surface area contributed by atoms with Crippen molar-refractivity contribution < 1.29 is 14.7 Å². The van der Waals surface area contributed by atoms with Gasteiger partial charge < -0.3 is 14.9 Å². The van der Waals surface area contributed by atoms with Crippen molar-refractivity contribution in [3.8, 4) is 0 Å². The Balaban J connectivity index is 1.62. The van der Waals surface area contributed by atoms with E-state index in [1.165, 1.54) is 0 Å². The second kappa shape index (κ2) is 7.79. The minimum absolute atomic E-state index is 0.132. The van der Waals surface area contributed by atoms with Gasteiger partial charge in [-0.1, -0.05) is 12.1 Å². The molecule has 0 radical (unpaired) electrons. The number of rotatable bonds is 5. The molecule has 2 heterocycles. The highest BCUT2D eigenvalue weighted by Crippen LogP contribution is 2.23. The van der Waals surface area contributed by atoms with Crippen molar-refractivity contribution in [2.24, 2.45) is 0 Å². The maximum Gasteiger partial charge on any atom is 0.227 e. The molecule has 2 aliphatic rings. The average molecular weight is 330 g/mol. The highest BCUT2D eigenvalue weighted by atomic mass is 16.3. The number of carbonyl (C=O) groups excluding carboxylic acids is 2. The maximum atomic E-state index is 12.6. The summed E-state index contributed by atoms with van der Waals surface area (Å²) in [4.78, 5) is 28.2. The van der Waals surface area contributed by atoms with Crippen molar-refractivity contribution in [3.63, 3.8) is 0 Å². The van der Waals surface area contributed by atoms with Crippen LogP contribution in [0, 0.1) is 0 Å². The molecule has 1 aromatic rings. The summed E-state index contributed by atoms with van der Waals surface area (Å²) >= 11 is 0. The second-order valence-corrected chi connectivity index (χ2v) is 6.74. The summed E-state index contributed by atoms with van der Waals surface area (Å²) in [5.74, 6) is 0.317. The number of nitrogens with zero attached hydrogens (tertiary/aromatic N) is 2. The molecule has 0 bridgehead atoms. The third kappa shape index (κ3) is 3.78. The predicted octanol–water partition coefficient (Wildman–Crippen LogP) is 2.12. The zero-order valence-corrected chi connectivity index (χ0v) is 14.1. The van der Waals surface area contributed by atoms with Gasteiger partial charge in [-0.3, -0.25) is 9.59 Å². The number of piperidine rings is 1. The molecule has 0 aliphatic carbocycles. The highest BCUT2D eigenvalue weighted by molar-refractivity contribution is 5.95. The van der Waals surface area contributed by atoms with Crippen LogP contribution in [0.5, 0.6) is 0 Å². The van der Waals surface area contributed by atoms with Crippen molar-refractivity contribution >= 4 is 17.5 Å². The SMILES string of the molecule is O=C1CCCN1c1ccc(CC(=O)N2CCCCC2CCO)cc1. The third-order valence-corrected chi connectivity index (χ3v) is 5.09. The molecule has 130 valence electrons. The Morgan fingerprint density at radius 1 is 1.12 bits per heavy atom. The molecular weight excluding hydrogens is 304 g/mol. The van der Waals surface area contributed by atoms with Gasteiger partial charge in [0.15, 0.2) is 0 Å². The molecule has 2 fully saturated rings. The standard InChI is InChI=1S/C19H26N2O3/c22-13-10-16-4-1-2-11-21(16)19(24)14-15-6-8-17(9-7-15)20-12-3-5-18(20)23/h6-9,16,22H,1-5,10-14H2. The molecule has 5 heteroatoms. The van der Waals surface area contributed by atoms with E-state index >= 15 is 0 Å². The largest absolute Gasteiger partial charge is 0.396 e. The van der Waals surface area contributed by atoms with Crippen LogP contribution in [0.25, 0.3) is 0 Å². The van der Waals surface area contributed by atoms with E-state index in [-0.39, 0.29) is 24.5 Å². The molecule has 24 heavy (non-hydrogen) atoms. The van der Waals surface area contributed by atoms with Gasteiger partial charge in [-0.2, -0.15) is 0 Å². The summed E-state index contributed by atoms with van der Waals surface area (Å²) < 4.78 is 0. The van der Waals surface area contributed by atoms with Crippen LogP contribution in [0.4, 0.5) is 5.69 Å². The van der Waals surface area contributed by atoms with Gasteiger partial charge in [-0.25, -0.2) is 0 Å². The molecule has 0 spiro atoms. The Hall–Kier alpha value is -1.88. The predicted molar refractivity (Wildman–Crippen MR) is 92.8 cm³/mol. The molecule has 1 unspecified atom stereocenters. The van der Waals surface area contributed by atoms with E-state index in [1.807, 2.05) is 34.1 Å². The topological polar surface area (TPSA) is 60.9 Å². The lowest BCUT2D eigenvalue weighted by Crippen LogP contribution is -2.44. The number of likely N-dealkylation sites (tertiary alicyclic amines) is 1. The van der Waals surface area contributed by atoms with Crippen molar-refractivity contribution in [2.45, 2.75) is 51.0 Å². The van der Waals surface area contributed by atoms with E-state index in [1.54, 1.807) is 0 Å². The Bertz CT molecular complexity index is 583. The molecule has 0 saturated carbocycles. The molecule has 0 aromatic heterocycles. The average Bonchev–Trinajstić information content (AvgIpc) is 3.02. The van der Waals surface area contributed by atoms with Gasteiger partial charge in [0.2, 0.25) is 11.8 Å². The maximum absolute atomic E-state index is 12.6. The minimum atomic E-state index is 0.132. The fourth-order valence-electron chi connectivity index (χ4n) is 3.77. The molecule has 1 atom stereocenters. The number of aliphatic hydroxyl groups excluding tert-OH is 1. The lowest BCUT2D eigenvalue weighted by Gasteiger charge is -2.35. The summed E-state index contributed by atoms with van der Waals surface area (Å²) in [5.41, 5.74) is 1.90. The minimum Gasteiger partial charge on any atom is -0.396 e. The van der Waals surface area contributed by atoms with Gasteiger partial charge in [0.05, 0.1) is 6.42 Å². The van der Waals surface area contributed by atoms with Crippen LogP contribution in [0.3, 0.4) is 0 Å². The first kappa shape index (κ1) is 17.0. The second-order valence-electron chi connectivity index (χ2n) is 6.74. The summed E-state index contributed by atoms with van der Waals surface area (Å²) in [6, 6.07) is 7.95. The highest BCUT2D eigenvalue weighted by Gasteiger charge is 2.26. The van der Waals surface area contributed by atoms with E-state index in [0.29, 0.717) is 19.3 Å². The molecule has 2 saturated heterocycles. The fraction of sp³-hybridized carbons (Fsp3) is 0.579. The van der Waals surface area contributed by atoms with E-state index in [9.17, 15) is 14.7 Å². The van der Waals surface area contributed by atoms with E-state index < -0.39 is 0 Å². The van der Waals surface area contributed by atoms with Gasteiger partial charge in [-0.05, 0) is 49.8 Å². The number of benzene rings is 1. The number of carbonyl (C=O) groups is 2. The van der Waals surface area contributed by atoms with Crippen LogP contribution < -0.4 is 4.90 Å². The number of anilines is 1. The number of hydrogen-bond donors (Lipinski definition) is 1.